The van der Waals surface area contributed by atoms with Gasteiger partial charge in [0.15, 0.2) is 10.9 Å². The van der Waals surface area contributed by atoms with Crippen LogP contribution in [0.3, 0.4) is 0 Å². The first-order valence-electron chi connectivity index (χ1n) is 7.35. The Morgan fingerprint density at radius 3 is 2.52 bits per heavy atom. The molecule has 3 nitrogen and oxygen atoms in total. The van der Waals surface area contributed by atoms with Crippen LogP contribution < -0.4 is 9.47 Å². The van der Waals surface area contributed by atoms with Crippen molar-refractivity contribution in [1.82, 2.24) is 0 Å². The standard InChI is InChI=1S/C19H18O3S/c1-12(20)17-18(13-7-5-4-6-8-13)15-11-14(21-2)9-10-16(15)22-19(17)23-3/h4-11,18H,1-3H3. The molecule has 2 aromatic carbocycles. The Morgan fingerprint density at radius 2 is 1.91 bits per heavy atom. The molecule has 23 heavy (non-hydrogen) atoms. The number of allylic oxidation sites excluding steroid dienone is 1. The highest BCUT2D eigenvalue weighted by Gasteiger charge is 2.33. The van der Waals surface area contributed by atoms with Crippen molar-refractivity contribution >= 4 is 17.5 Å². The molecule has 3 rings (SSSR count). The van der Waals surface area contributed by atoms with E-state index < -0.39 is 0 Å². The minimum Gasteiger partial charge on any atom is -0.497 e. The van der Waals surface area contributed by atoms with Crippen LogP contribution in [0.15, 0.2) is 59.2 Å². The summed E-state index contributed by atoms with van der Waals surface area (Å²) in [6.07, 6.45) is 1.93. The molecule has 4 heteroatoms. The molecule has 2 aromatic rings. The first-order chi connectivity index (χ1) is 11.2. The Labute approximate surface area is 140 Å². The molecule has 0 saturated heterocycles. The fraction of sp³-hybridized carbons (Fsp3) is 0.211. The molecule has 1 atom stereocenters. The normalized spacial score (nSPS) is 16.6. The number of Topliss-reactive ketones (excluding diaryl/α,β-unsaturated/α-hetero) is 1. The molecule has 0 bridgehead atoms. The second-order valence-corrected chi connectivity index (χ2v) is 6.09. The maximum absolute atomic E-state index is 12.3. The molecular formula is C19H18O3S. The number of ketones is 1. The van der Waals surface area contributed by atoms with Gasteiger partial charge in [-0.25, -0.2) is 0 Å². The van der Waals surface area contributed by atoms with E-state index in [0.29, 0.717) is 10.7 Å². The molecule has 1 aliphatic rings. The predicted molar refractivity (Wildman–Crippen MR) is 93.1 cm³/mol. The number of ether oxygens (including phenoxy) is 2. The first kappa shape index (κ1) is 15.7. The van der Waals surface area contributed by atoms with Gasteiger partial charge in [-0.15, -0.1) is 0 Å². The third-order valence-electron chi connectivity index (χ3n) is 3.94. The average Bonchev–Trinajstić information content (AvgIpc) is 2.60. The van der Waals surface area contributed by atoms with E-state index >= 15 is 0 Å². The van der Waals surface area contributed by atoms with E-state index in [9.17, 15) is 4.79 Å². The lowest BCUT2D eigenvalue weighted by molar-refractivity contribution is -0.114. The predicted octanol–water partition coefficient (Wildman–Crippen LogP) is 4.38. The van der Waals surface area contributed by atoms with Gasteiger partial charge in [0.1, 0.15) is 11.5 Å². The summed E-state index contributed by atoms with van der Waals surface area (Å²) >= 11 is 1.46. The number of fused-ring (bicyclic) bond motifs is 1. The lowest BCUT2D eigenvalue weighted by atomic mass is 9.82. The van der Waals surface area contributed by atoms with Crippen molar-refractivity contribution in [2.24, 2.45) is 0 Å². The molecule has 0 fully saturated rings. The van der Waals surface area contributed by atoms with E-state index in [-0.39, 0.29) is 11.7 Å². The van der Waals surface area contributed by atoms with E-state index in [4.69, 9.17) is 9.47 Å². The molecule has 0 aliphatic carbocycles. The van der Waals surface area contributed by atoms with Gasteiger partial charge in [0.25, 0.3) is 0 Å². The number of hydrogen-bond donors (Lipinski definition) is 0. The van der Waals surface area contributed by atoms with Crippen LogP contribution in [0.2, 0.25) is 0 Å². The molecule has 0 saturated carbocycles. The Morgan fingerprint density at radius 1 is 1.17 bits per heavy atom. The Kier molecular flexibility index (Phi) is 4.44. The van der Waals surface area contributed by atoms with Gasteiger partial charge in [0.05, 0.1) is 12.7 Å². The third kappa shape index (κ3) is 2.86. The third-order valence-corrected chi connectivity index (χ3v) is 4.61. The topological polar surface area (TPSA) is 35.5 Å². The highest BCUT2D eigenvalue weighted by atomic mass is 32.2. The Bertz CT molecular complexity index is 765. The van der Waals surface area contributed by atoms with Crippen LogP contribution in [0.1, 0.15) is 24.0 Å². The van der Waals surface area contributed by atoms with Crippen LogP contribution in [-0.2, 0) is 4.79 Å². The van der Waals surface area contributed by atoms with Gasteiger partial charge in [0.2, 0.25) is 0 Å². The van der Waals surface area contributed by atoms with Gasteiger partial charge in [-0.3, -0.25) is 4.79 Å². The molecular weight excluding hydrogens is 308 g/mol. The van der Waals surface area contributed by atoms with Gasteiger partial charge >= 0.3 is 0 Å². The summed E-state index contributed by atoms with van der Waals surface area (Å²) in [6, 6.07) is 15.8. The zero-order valence-corrected chi connectivity index (χ0v) is 14.1. The molecule has 1 aliphatic heterocycles. The molecule has 0 spiro atoms. The zero-order valence-electron chi connectivity index (χ0n) is 13.3. The van der Waals surface area contributed by atoms with Gasteiger partial charge in [-0.05, 0) is 36.9 Å². The van der Waals surface area contributed by atoms with E-state index in [1.165, 1.54) is 11.8 Å². The van der Waals surface area contributed by atoms with E-state index in [0.717, 1.165) is 22.6 Å². The highest BCUT2D eigenvalue weighted by Crippen LogP contribution is 2.46. The lowest BCUT2D eigenvalue weighted by Crippen LogP contribution is -2.20. The number of benzene rings is 2. The van der Waals surface area contributed by atoms with Crippen LogP contribution in [0, 0.1) is 0 Å². The largest absolute Gasteiger partial charge is 0.497 e. The lowest BCUT2D eigenvalue weighted by Gasteiger charge is -2.29. The summed E-state index contributed by atoms with van der Waals surface area (Å²) < 4.78 is 11.3. The van der Waals surface area contributed by atoms with E-state index in [2.05, 4.69) is 0 Å². The SMILES string of the molecule is COc1ccc2c(c1)C(c1ccccc1)C(C(C)=O)=C(SC)O2. The van der Waals surface area contributed by atoms with E-state index in [1.54, 1.807) is 14.0 Å². The Hall–Kier alpha value is -2.20. The number of carbonyl (C=O) groups excluding carboxylic acids is 1. The van der Waals surface area contributed by atoms with Crippen molar-refractivity contribution in [3.05, 3.63) is 70.3 Å². The average molecular weight is 326 g/mol. The minimum absolute atomic E-state index is 0.0247. The molecule has 0 amide bonds. The van der Waals surface area contributed by atoms with Crippen molar-refractivity contribution in [3.63, 3.8) is 0 Å². The summed E-state index contributed by atoms with van der Waals surface area (Å²) in [4.78, 5) is 12.3. The van der Waals surface area contributed by atoms with Crippen molar-refractivity contribution in [3.8, 4) is 11.5 Å². The number of rotatable bonds is 4. The molecule has 0 radical (unpaired) electrons. The summed E-state index contributed by atoms with van der Waals surface area (Å²) in [5.41, 5.74) is 2.73. The Balaban J connectivity index is 2.25. The number of carbonyl (C=O) groups is 1. The number of thioether (sulfide) groups is 1. The van der Waals surface area contributed by atoms with Crippen LogP contribution >= 0.6 is 11.8 Å². The van der Waals surface area contributed by atoms with Crippen molar-refractivity contribution in [1.29, 1.82) is 0 Å². The summed E-state index contributed by atoms with van der Waals surface area (Å²) in [5.74, 6) is 1.41. The summed E-state index contributed by atoms with van der Waals surface area (Å²) in [6.45, 7) is 1.59. The van der Waals surface area contributed by atoms with Crippen LogP contribution in [-0.4, -0.2) is 19.1 Å². The first-order valence-corrected chi connectivity index (χ1v) is 8.58. The quantitative estimate of drug-likeness (QED) is 0.835. The monoisotopic (exact) mass is 326 g/mol. The van der Waals surface area contributed by atoms with Crippen molar-refractivity contribution in [2.45, 2.75) is 12.8 Å². The van der Waals surface area contributed by atoms with Crippen LogP contribution in [0.4, 0.5) is 0 Å². The van der Waals surface area contributed by atoms with Gasteiger partial charge in [-0.1, -0.05) is 42.1 Å². The number of methoxy groups -OCH3 is 1. The van der Waals surface area contributed by atoms with Crippen molar-refractivity contribution in [2.75, 3.05) is 13.4 Å². The molecule has 0 aromatic heterocycles. The van der Waals surface area contributed by atoms with Crippen LogP contribution in [0.25, 0.3) is 0 Å². The van der Waals surface area contributed by atoms with Gasteiger partial charge in [-0.2, -0.15) is 0 Å². The highest BCUT2D eigenvalue weighted by molar-refractivity contribution is 8.02. The second-order valence-electron chi connectivity index (χ2n) is 5.31. The van der Waals surface area contributed by atoms with Gasteiger partial charge < -0.3 is 9.47 Å². The van der Waals surface area contributed by atoms with E-state index in [1.807, 2.05) is 54.8 Å². The molecule has 1 heterocycles. The zero-order chi connectivity index (χ0) is 16.4. The molecule has 0 N–H and O–H groups in total. The molecule has 1 unspecified atom stereocenters. The van der Waals surface area contributed by atoms with Crippen molar-refractivity contribution < 1.29 is 14.3 Å². The fourth-order valence-corrected chi connectivity index (χ4v) is 3.55. The molecule has 118 valence electrons. The summed E-state index contributed by atoms with van der Waals surface area (Å²) in [5, 5.41) is 0.670. The van der Waals surface area contributed by atoms with Crippen LogP contribution in [0.5, 0.6) is 11.5 Å². The fourth-order valence-electron chi connectivity index (χ4n) is 2.89. The summed E-state index contributed by atoms with van der Waals surface area (Å²) in [7, 11) is 1.64. The minimum atomic E-state index is -0.144. The number of hydrogen-bond acceptors (Lipinski definition) is 4. The maximum atomic E-state index is 12.3. The smallest absolute Gasteiger partial charge is 0.168 e. The maximum Gasteiger partial charge on any atom is 0.168 e. The van der Waals surface area contributed by atoms with Gasteiger partial charge in [0, 0.05) is 11.5 Å². The second kappa shape index (κ2) is 6.50.